The van der Waals surface area contributed by atoms with E-state index in [1.807, 2.05) is 20.8 Å². The third kappa shape index (κ3) is 3.40. The molecule has 108 valence electrons. The molecule has 1 aliphatic rings. The lowest BCUT2D eigenvalue weighted by molar-refractivity contribution is 0.0135. The summed E-state index contributed by atoms with van der Waals surface area (Å²) in [6.07, 6.45) is -1.18. The summed E-state index contributed by atoms with van der Waals surface area (Å²) >= 11 is 0. The number of fused-ring (bicyclic) bond motifs is 1. The van der Waals surface area contributed by atoms with E-state index in [0.717, 1.165) is 0 Å². The molecule has 6 nitrogen and oxygen atoms in total. The highest BCUT2D eigenvalue weighted by Crippen LogP contribution is 2.22. The molecular weight excluding hydrogens is 258 g/mol. The van der Waals surface area contributed by atoms with Crippen LogP contribution in [0.4, 0.5) is 4.79 Å². The number of benzene rings is 1. The third-order valence-electron chi connectivity index (χ3n) is 2.87. The summed E-state index contributed by atoms with van der Waals surface area (Å²) in [5, 5.41) is 10.9. The van der Waals surface area contributed by atoms with Crippen molar-refractivity contribution < 1.29 is 14.6 Å². The number of carbonyl (C=O) groups is 1. The molecule has 1 aromatic carbocycles. The van der Waals surface area contributed by atoms with Crippen LogP contribution in [0.1, 0.15) is 27.2 Å². The molecule has 2 amide bonds. The summed E-state index contributed by atoms with van der Waals surface area (Å²) in [6.45, 7) is 6.03. The van der Waals surface area contributed by atoms with Gasteiger partial charge in [-0.05, 0) is 24.0 Å². The number of urea groups is 1. The van der Waals surface area contributed by atoms with Gasteiger partial charge in [-0.1, -0.05) is 26.8 Å². The third-order valence-corrected chi connectivity index (χ3v) is 2.87. The quantitative estimate of drug-likeness (QED) is 0.784. The smallest absolute Gasteiger partial charge is 0.368 e. The molecule has 0 saturated heterocycles. The van der Waals surface area contributed by atoms with Crippen molar-refractivity contribution in [1.29, 1.82) is 0 Å². The minimum absolute atomic E-state index is 0.0608. The summed E-state index contributed by atoms with van der Waals surface area (Å²) < 4.78 is 5.54. The van der Waals surface area contributed by atoms with E-state index in [2.05, 4.69) is 9.98 Å². The van der Waals surface area contributed by atoms with Crippen LogP contribution in [0.5, 0.6) is 5.75 Å². The predicted molar refractivity (Wildman–Crippen MR) is 72.8 cm³/mol. The van der Waals surface area contributed by atoms with Gasteiger partial charge in [0, 0.05) is 0 Å². The fraction of sp³-hybridized carbons (Fsp3) is 0.500. The second-order valence-electron chi connectivity index (χ2n) is 6.04. The van der Waals surface area contributed by atoms with Crippen LogP contribution in [0.25, 0.3) is 0 Å². The average Bonchev–Trinajstić information content (AvgIpc) is 2.68. The molecule has 1 heterocycles. The summed E-state index contributed by atoms with van der Waals surface area (Å²) in [7, 11) is 0. The monoisotopic (exact) mass is 277 g/mol. The molecule has 0 spiro atoms. The zero-order chi connectivity index (χ0) is 14.9. The Morgan fingerprint density at radius 1 is 1.35 bits per heavy atom. The van der Waals surface area contributed by atoms with Crippen molar-refractivity contribution in [1.82, 2.24) is 0 Å². The number of ether oxygens (including phenoxy) is 1. The van der Waals surface area contributed by atoms with Crippen molar-refractivity contribution in [3.05, 3.63) is 28.9 Å². The van der Waals surface area contributed by atoms with Crippen molar-refractivity contribution in [2.24, 2.45) is 21.1 Å². The van der Waals surface area contributed by atoms with E-state index < -0.39 is 18.4 Å². The van der Waals surface area contributed by atoms with Crippen molar-refractivity contribution in [2.45, 2.75) is 39.5 Å². The minimum Gasteiger partial charge on any atom is -0.470 e. The molecule has 0 radical (unpaired) electrons. The molecule has 6 heteroatoms. The molecule has 0 fully saturated rings. The molecule has 1 aromatic rings. The van der Waals surface area contributed by atoms with Gasteiger partial charge in [0.2, 0.25) is 0 Å². The highest BCUT2D eigenvalue weighted by Gasteiger charge is 2.24. The second kappa shape index (κ2) is 5.30. The number of rotatable bonds is 4. The van der Waals surface area contributed by atoms with Gasteiger partial charge in [0.15, 0.2) is 6.23 Å². The lowest BCUT2D eigenvalue weighted by atomic mass is 9.89. The zero-order valence-electron chi connectivity index (χ0n) is 11.8. The predicted octanol–water partition coefficient (Wildman–Crippen LogP) is 0.520. The van der Waals surface area contributed by atoms with Crippen molar-refractivity contribution in [3.63, 3.8) is 0 Å². The normalized spacial score (nSPS) is 16.9. The van der Waals surface area contributed by atoms with Crippen LogP contribution >= 0.6 is 0 Å². The fourth-order valence-corrected chi connectivity index (χ4v) is 2.00. The summed E-state index contributed by atoms with van der Waals surface area (Å²) in [4.78, 5) is 18.7. The number of hydrogen-bond acceptors (Lipinski definition) is 4. The minimum atomic E-state index is -0.883. The Morgan fingerprint density at radius 2 is 2.05 bits per heavy atom. The van der Waals surface area contributed by atoms with Crippen molar-refractivity contribution in [3.8, 4) is 5.75 Å². The molecule has 2 rings (SSSR count). The molecule has 3 N–H and O–H groups in total. The van der Waals surface area contributed by atoms with Crippen LogP contribution in [-0.2, 0) is 0 Å². The van der Waals surface area contributed by atoms with Gasteiger partial charge in [0.1, 0.15) is 17.2 Å². The number of carbonyl (C=O) groups excluding carboxylic acids is 1. The van der Waals surface area contributed by atoms with Crippen molar-refractivity contribution in [2.75, 3.05) is 0 Å². The molecule has 1 aliphatic heterocycles. The van der Waals surface area contributed by atoms with Gasteiger partial charge < -0.3 is 9.84 Å². The molecule has 2 unspecified atom stereocenters. The molecule has 0 bridgehead atoms. The number of nitrogens with zero attached hydrogens (tertiary/aromatic N) is 2. The summed E-state index contributed by atoms with van der Waals surface area (Å²) in [6, 6.07) is 4.47. The fourth-order valence-electron chi connectivity index (χ4n) is 2.00. The SMILES string of the molecule is CC(C)(C)CC(O)C(N)Oc1cccc2c1=NC(=O)N=2. The Labute approximate surface area is 117 Å². The molecule has 0 saturated carbocycles. The van der Waals surface area contributed by atoms with Crippen LogP contribution < -0.4 is 21.2 Å². The lowest BCUT2D eigenvalue weighted by Crippen LogP contribution is -2.43. The first-order valence-electron chi connectivity index (χ1n) is 6.47. The number of hydrogen-bond donors (Lipinski definition) is 2. The zero-order valence-corrected chi connectivity index (χ0v) is 11.8. The largest absolute Gasteiger partial charge is 0.470 e. The summed E-state index contributed by atoms with van der Waals surface area (Å²) in [5.74, 6) is 0.359. The van der Waals surface area contributed by atoms with Gasteiger partial charge >= 0.3 is 6.03 Å². The van der Waals surface area contributed by atoms with Gasteiger partial charge in [-0.3, -0.25) is 5.73 Å². The van der Waals surface area contributed by atoms with E-state index >= 15 is 0 Å². The van der Waals surface area contributed by atoms with Crippen LogP contribution in [-0.4, -0.2) is 23.5 Å². The van der Waals surface area contributed by atoms with E-state index in [1.165, 1.54) is 0 Å². The maximum Gasteiger partial charge on any atom is 0.368 e. The van der Waals surface area contributed by atoms with Crippen LogP contribution in [0.2, 0.25) is 0 Å². The Hall–Kier alpha value is -1.79. The van der Waals surface area contributed by atoms with E-state index in [-0.39, 0.29) is 5.41 Å². The van der Waals surface area contributed by atoms with Gasteiger partial charge in [-0.15, -0.1) is 0 Å². The van der Waals surface area contributed by atoms with E-state index in [1.54, 1.807) is 18.2 Å². The first-order valence-corrected chi connectivity index (χ1v) is 6.47. The number of aliphatic hydroxyl groups excluding tert-OH is 1. The van der Waals surface area contributed by atoms with Gasteiger partial charge in [-0.25, -0.2) is 4.79 Å². The molecule has 20 heavy (non-hydrogen) atoms. The van der Waals surface area contributed by atoms with Crippen LogP contribution in [0.3, 0.4) is 0 Å². The highest BCUT2D eigenvalue weighted by atomic mass is 16.5. The van der Waals surface area contributed by atoms with E-state index in [0.29, 0.717) is 22.9 Å². The lowest BCUT2D eigenvalue weighted by Gasteiger charge is -2.26. The Kier molecular flexibility index (Phi) is 3.87. The number of para-hydroxylation sites is 1. The average molecular weight is 277 g/mol. The van der Waals surface area contributed by atoms with Crippen molar-refractivity contribution >= 4 is 6.03 Å². The van der Waals surface area contributed by atoms with E-state index in [4.69, 9.17) is 10.5 Å². The highest BCUT2D eigenvalue weighted by molar-refractivity contribution is 5.77. The molecule has 0 aliphatic carbocycles. The van der Waals surface area contributed by atoms with Gasteiger partial charge in [0.05, 0.1) is 5.36 Å². The second-order valence-corrected chi connectivity index (χ2v) is 6.04. The maximum absolute atomic E-state index is 11.2. The topological polar surface area (TPSA) is 97.3 Å². The number of amides is 2. The summed E-state index contributed by atoms with van der Waals surface area (Å²) in [5.41, 5.74) is 5.79. The maximum atomic E-state index is 11.2. The van der Waals surface area contributed by atoms with Gasteiger partial charge in [0.25, 0.3) is 0 Å². The van der Waals surface area contributed by atoms with E-state index in [9.17, 15) is 9.90 Å². The molecule has 0 aromatic heterocycles. The Bertz CT molecular complexity index is 634. The standard InChI is InChI=1S/C14H19N3O3/c1-14(2,3)7-9(18)12(15)20-10-6-4-5-8-11(10)17-13(19)16-8/h4-6,9,12,18H,7,15H2,1-3H3. The number of aliphatic hydroxyl groups is 1. The molecular formula is C14H19N3O3. The molecule has 2 atom stereocenters. The first kappa shape index (κ1) is 14.6. The number of nitrogens with two attached hydrogens (primary N) is 1. The van der Waals surface area contributed by atoms with Crippen LogP contribution in [0.15, 0.2) is 28.2 Å². The Morgan fingerprint density at radius 3 is 2.70 bits per heavy atom. The first-order chi connectivity index (χ1) is 9.26. The Balaban J connectivity index is 2.17. The van der Waals surface area contributed by atoms with Gasteiger partial charge in [-0.2, -0.15) is 9.98 Å². The van der Waals surface area contributed by atoms with Crippen LogP contribution in [0, 0.1) is 5.41 Å².